The predicted molar refractivity (Wildman–Crippen MR) is 65.7 cm³/mol. The first-order valence-electron chi connectivity index (χ1n) is 5.18. The number of H-pyrrole nitrogens is 1. The van der Waals surface area contributed by atoms with E-state index in [4.69, 9.17) is 11.6 Å². The van der Waals surface area contributed by atoms with Crippen molar-refractivity contribution in [1.29, 1.82) is 0 Å². The molecule has 0 radical (unpaired) electrons. The van der Waals surface area contributed by atoms with Gasteiger partial charge in [-0.2, -0.15) is 0 Å². The number of fused-ring (bicyclic) bond motifs is 1. The fourth-order valence-corrected chi connectivity index (χ4v) is 1.73. The number of aromatic nitrogens is 1. The van der Waals surface area contributed by atoms with Crippen LogP contribution in [-0.2, 0) is 11.2 Å². The lowest BCUT2D eigenvalue weighted by Crippen LogP contribution is -2.26. The van der Waals surface area contributed by atoms with Crippen molar-refractivity contribution >= 4 is 28.4 Å². The monoisotopic (exact) mass is 236 g/mol. The van der Waals surface area contributed by atoms with Crippen molar-refractivity contribution in [2.24, 2.45) is 0 Å². The van der Waals surface area contributed by atoms with E-state index in [2.05, 4.69) is 10.3 Å². The molecule has 2 N–H and O–H groups in total. The van der Waals surface area contributed by atoms with Crippen LogP contribution >= 0.6 is 11.6 Å². The molecular weight excluding hydrogens is 224 g/mol. The average Bonchev–Trinajstić information content (AvgIpc) is 2.73. The second kappa shape index (κ2) is 5.03. The van der Waals surface area contributed by atoms with Gasteiger partial charge in [-0.15, -0.1) is 11.6 Å². The summed E-state index contributed by atoms with van der Waals surface area (Å²) in [5, 5.41) is 3.90. The SMILES string of the molecule is O=C(Cc1ccc2cc[nH]c2c1)NCCCl. The van der Waals surface area contributed by atoms with E-state index in [-0.39, 0.29) is 5.91 Å². The minimum absolute atomic E-state index is 0.00607. The van der Waals surface area contributed by atoms with Gasteiger partial charge in [-0.05, 0) is 23.1 Å². The smallest absolute Gasteiger partial charge is 0.224 e. The van der Waals surface area contributed by atoms with Crippen LogP contribution in [-0.4, -0.2) is 23.3 Å². The van der Waals surface area contributed by atoms with Gasteiger partial charge >= 0.3 is 0 Å². The number of halogens is 1. The Morgan fingerprint density at radius 2 is 2.25 bits per heavy atom. The van der Waals surface area contributed by atoms with Gasteiger partial charge in [0.25, 0.3) is 0 Å². The summed E-state index contributed by atoms with van der Waals surface area (Å²) in [5.41, 5.74) is 2.06. The molecule has 2 rings (SSSR count). The normalized spacial score (nSPS) is 10.6. The maximum atomic E-state index is 11.5. The molecule has 1 aromatic heterocycles. The summed E-state index contributed by atoms with van der Waals surface area (Å²) in [6.07, 6.45) is 2.29. The second-order valence-electron chi connectivity index (χ2n) is 3.61. The van der Waals surface area contributed by atoms with Crippen LogP contribution < -0.4 is 5.32 Å². The topological polar surface area (TPSA) is 44.9 Å². The maximum Gasteiger partial charge on any atom is 0.224 e. The van der Waals surface area contributed by atoms with Gasteiger partial charge in [0.2, 0.25) is 5.91 Å². The van der Waals surface area contributed by atoms with Crippen molar-refractivity contribution in [1.82, 2.24) is 10.3 Å². The summed E-state index contributed by atoms with van der Waals surface area (Å²) >= 11 is 5.49. The molecule has 0 aliphatic rings. The summed E-state index contributed by atoms with van der Waals surface area (Å²) in [6, 6.07) is 7.98. The van der Waals surface area contributed by atoms with Gasteiger partial charge in [-0.1, -0.05) is 12.1 Å². The molecule has 84 valence electrons. The zero-order valence-corrected chi connectivity index (χ0v) is 9.55. The molecule has 1 heterocycles. The number of alkyl halides is 1. The number of nitrogens with one attached hydrogen (secondary N) is 2. The van der Waals surface area contributed by atoms with E-state index in [0.717, 1.165) is 16.5 Å². The van der Waals surface area contributed by atoms with Gasteiger partial charge in [0, 0.05) is 24.1 Å². The molecule has 4 heteroatoms. The molecule has 1 aromatic carbocycles. The summed E-state index contributed by atoms with van der Waals surface area (Å²) in [6.45, 7) is 0.519. The summed E-state index contributed by atoms with van der Waals surface area (Å²) in [7, 11) is 0. The van der Waals surface area contributed by atoms with Crippen LogP contribution in [0, 0.1) is 0 Å². The fraction of sp³-hybridized carbons (Fsp3) is 0.250. The highest BCUT2D eigenvalue weighted by molar-refractivity contribution is 6.18. The maximum absolute atomic E-state index is 11.5. The highest BCUT2D eigenvalue weighted by Gasteiger charge is 2.03. The molecule has 16 heavy (non-hydrogen) atoms. The third kappa shape index (κ3) is 2.55. The average molecular weight is 237 g/mol. The second-order valence-corrected chi connectivity index (χ2v) is 3.99. The number of benzene rings is 1. The van der Waals surface area contributed by atoms with Crippen LogP contribution in [0.4, 0.5) is 0 Å². The number of carbonyl (C=O) groups excluding carboxylic acids is 1. The third-order valence-electron chi connectivity index (χ3n) is 2.40. The lowest BCUT2D eigenvalue weighted by Gasteiger charge is -2.03. The Balaban J connectivity index is 2.06. The Hall–Kier alpha value is -1.48. The van der Waals surface area contributed by atoms with Crippen LogP contribution in [0.15, 0.2) is 30.5 Å². The Morgan fingerprint density at radius 1 is 1.38 bits per heavy atom. The molecule has 0 saturated carbocycles. The Kier molecular flexibility index (Phi) is 3.47. The third-order valence-corrected chi connectivity index (χ3v) is 2.59. The molecule has 0 atom stereocenters. The number of rotatable bonds is 4. The lowest BCUT2D eigenvalue weighted by atomic mass is 10.1. The quantitative estimate of drug-likeness (QED) is 0.785. The van der Waals surface area contributed by atoms with Crippen LogP contribution in [0.5, 0.6) is 0 Å². The Morgan fingerprint density at radius 3 is 3.06 bits per heavy atom. The highest BCUT2D eigenvalue weighted by Crippen LogP contribution is 2.14. The molecule has 1 amide bonds. The minimum atomic E-state index is 0.00607. The fourth-order valence-electron chi connectivity index (χ4n) is 1.64. The van der Waals surface area contributed by atoms with Gasteiger partial charge in [0.1, 0.15) is 0 Å². The van der Waals surface area contributed by atoms with Gasteiger partial charge in [0.15, 0.2) is 0 Å². The first kappa shape index (κ1) is 11.0. The molecule has 0 bridgehead atoms. The summed E-state index contributed by atoms with van der Waals surface area (Å²) in [4.78, 5) is 14.6. The Labute approximate surface area is 98.8 Å². The van der Waals surface area contributed by atoms with E-state index < -0.39 is 0 Å². The van der Waals surface area contributed by atoms with E-state index in [1.807, 2.05) is 30.5 Å². The number of hydrogen-bond donors (Lipinski definition) is 2. The molecular formula is C12H13ClN2O. The number of carbonyl (C=O) groups is 1. The van der Waals surface area contributed by atoms with E-state index in [1.54, 1.807) is 0 Å². The minimum Gasteiger partial charge on any atom is -0.361 e. The lowest BCUT2D eigenvalue weighted by molar-refractivity contribution is -0.120. The molecule has 3 nitrogen and oxygen atoms in total. The van der Waals surface area contributed by atoms with Gasteiger partial charge in [-0.3, -0.25) is 4.79 Å². The summed E-state index contributed by atoms with van der Waals surface area (Å²) < 4.78 is 0. The van der Waals surface area contributed by atoms with E-state index in [9.17, 15) is 4.79 Å². The predicted octanol–water partition coefficient (Wildman–Crippen LogP) is 2.07. The van der Waals surface area contributed by atoms with Crippen LogP contribution in [0.25, 0.3) is 10.9 Å². The first-order valence-corrected chi connectivity index (χ1v) is 5.72. The number of aromatic amines is 1. The van der Waals surface area contributed by atoms with Crippen molar-refractivity contribution < 1.29 is 4.79 Å². The number of amides is 1. The highest BCUT2D eigenvalue weighted by atomic mass is 35.5. The molecule has 0 saturated heterocycles. The van der Waals surface area contributed by atoms with Crippen molar-refractivity contribution in [3.63, 3.8) is 0 Å². The van der Waals surface area contributed by atoms with Gasteiger partial charge in [0.05, 0.1) is 6.42 Å². The largest absolute Gasteiger partial charge is 0.361 e. The molecule has 0 unspecified atom stereocenters. The Bertz CT molecular complexity index is 492. The zero-order valence-electron chi connectivity index (χ0n) is 8.79. The number of hydrogen-bond acceptors (Lipinski definition) is 1. The van der Waals surface area contributed by atoms with Gasteiger partial charge < -0.3 is 10.3 Å². The van der Waals surface area contributed by atoms with Crippen molar-refractivity contribution in [3.05, 3.63) is 36.0 Å². The van der Waals surface area contributed by atoms with Crippen molar-refractivity contribution in [2.45, 2.75) is 6.42 Å². The van der Waals surface area contributed by atoms with E-state index >= 15 is 0 Å². The molecule has 0 spiro atoms. The van der Waals surface area contributed by atoms with Crippen LogP contribution in [0.2, 0.25) is 0 Å². The van der Waals surface area contributed by atoms with Crippen LogP contribution in [0.3, 0.4) is 0 Å². The standard InChI is InChI=1S/C12H13ClN2O/c13-4-6-15-12(16)8-9-1-2-10-3-5-14-11(10)7-9/h1-3,5,7,14H,4,6,8H2,(H,15,16). The van der Waals surface area contributed by atoms with Crippen molar-refractivity contribution in [2.75, 3.05) is 12.4 Å². The van der Waals surface area contributed by atoms with E-state index in [0.29, 0.717) is 18.8 Å². The molecule has 0 aliphatic heterocycles. The van der Waals surface area contributed by atoms with E-state index in [1.165, 1.54) is 0 Å². The van der Waals surface area contributed by atoms with Crippen LogP contribution in [0.1, 0.15) is 5.56 Å². The molecule has 2 aromatic rings. The summed E-state index contributed by atoms with van der Waals surface area (Å²) in [5.74, 6) is 0.452. The first-order chi connectivity index (χ1) is 7.79. The van der Waals surface area contributed by atoms with Crippen molar-refractivity contribution in [3.8, 4) is 0 Å². The molecule has 0 aliphatic carbocycles. The molecule has 0 fully saturated rings. The zero-order chi connectivity index (χ0) is 11.4. The van der Waals surface area contributed by atoms with Gasteiger partial charge in [-0.25, -0.2) is 0 Å².